The van der Waals surface area contributed by atoms with E-state index >= 15 is 0 Å². The Morgan fingerprint density at radius 2 is 1.84 bits per heavy atom. The van der Waals surface area contributed by atoms with Gasteiger partial charge in [0.1, 0.15) is 12.4 Å². The molecule has 1 heterocycles. The van der Waals surface area contributed by atoms with Gasteiger partial charge in [-0.2, -0.15) is 5.10 Å². The Morgan fingerprint density at radius 1 is 1.03 bits per heavy atom. The van der Waals surface area contributed by atoms with Crippen LogP contribution in [-0.2, 0) is 17.8 Å². The van der Waals surface area contributed by atoms with Crippen LogP contribution in [0.15, 0.2) is 65.9 Å². The van der Waals surface area contributed by atoms with Crippen molar-refractivity contribution in [1.29, 1.82) is 0 Å². The van der Waals surface area contributed by atoms with Crippen LogP contribution in [0, 0.1) is 6.92 Å². The Bertz CT molecular complexity index is 970. The number of aromatic nitrogens is 2. The summed E-state index contributed by atoms with van der Waals surface area (Å²) in [6.45, 7) is 7.07. The van der Waals surface area contributed by atoms with Crippen molar-refractivity contribution < 1.29 is 9.47 Å². The van der Waals surface area contributed by atoms with Gasteiger partial charge in [0.25, 0.3) is 0 Å². The molecule has 2 N–H and O–H groups in total. The minimum atomic E-state index is 0.529. The first-order chi connectivity index (χ1) is 15.2. The summed E-state index contributed by atoms with van der Waals surface area (Å²) in [6.07, 6.45) is 3.72. The average molecular weight is 422 g/mol. The monoisotopic (exact) mass is 421 g/mol. The summed E-state index contributed by atoms with van der Waals surface area (Å²) >= 11 is 0. The van der Waals surface area contributed by atoms with Gasteiger partial charge in [0.15, 0.2) is 5.96 Å². The van der Waals surface area contributed by atoms with E-state index in [2.05, 4.69) is 58.0 Å². The van der Waals surface area contributed by atoms with Gasteiger partial charge in [-0.05, 0) is 43.2 Å². The highest BCUT2D eigenvalue weighted by molar-refractivity contribution is 5.79. The lowest BCUT2D eigenvalue weighted by molar-refractivity contribution is 0.110. The van der Waals surface area contributed by atoms with E-state index in [1.165, 1.54) is 0 Å². The summed E-state index contributed by atoms with van der Waals surface area (Å²) in [5.74, 6) is 1.59. The van der Waals surface area contributed by atoms with E-state index in [0.717, 1.165) is 34.1 Å². The second kappa shape index (κ2) is 11.8. The maximum Gasteiger partial charge on any atom is 0.191 e. The highest BCUT2D eigenvalue weighted by Gasteiger charge is 2.08. The number of aliphatic imine (C=N–C) groups is 1. The van der Waals surface area contributed by atoms with E-state index in [-0.39, 0.29) is 0 Å². The van der Waals surface area contributed by atoms with Crippen molar-refractivity contribution in [2.75, 3.05) is 26.9 Å². The Kier molecular flexibility index (Phi) is 8.48. The number of guanidine groups is 1. The van der Waals surface area contributed by atoms with Crippen LogP contribution in [-0.4, -0.2) is 42.6 Å². The van der Waals surface area contributed by atoms with Gasteiger partial charge in [-0.25, -0.2) is 4.68 Å². The highest BCUT2D eigenvalue weighted by atomic mass is 16.5. The summed E-state index contributed by atoms with van der Waals surface area (Å²) < 4.78 is 13.2. The van der Waals surface area contributed by atoms with Gasteiger partial charge < -0.3 is 20.1 Å². The summed E-state index contributed by atoms with van der Waals surface area (Å²) in [4.78, 5) is 4.36. The van der Waals surface area contributed by atoms with Crippen molar-refractivity contribution in [3.8, 4) is 11.4 Å². The van der Waals surface area contributed by atoms with E-state index in [1.807, 2.05) is 36.0 Å². The highest BCUT2D eigenvalue weighted by Crippen LogP contribution is 2.20. The summed E-state index contributed by atoms with van der Waals surface area (Å²) in [5.41, 5.74) is 4.40. The van der Waals surface area contributed by atoms with Crippen LogP contribution in [0.3, 0.4) is 0 Å². The fraction of sp³-hybridized carbons (Fsp3) is 0.333. The van der Waals surface area contributed by atoms with Crippen LogP contribution in [0.5, 0.6) is 5.75 Å². The zero-order chi connectivity index (χ0) is 21.9. The Morgan fingerprint density at radius 3 is 2.58 bits per heavy atom. The molecule has 0 aliphatic rings. The molecule has 0 fully saturated rings. The molecule has 3 aromatic rings. The van der Waals surface area contributed by atoms with E-state index in [0.29, 0.717) is 32.9 Å². The number of hydrogen-bond acceptors (Lipinski definition) is 4. The molecule has 0 unspecified atom stereocenters. The molecule has 0 atom stereocenters. The number of aryl methyl sites for hydroxylation is 1. The van der Waals surface area contributed by atoms with Gasteiger partial charge in [0, 0.05) is 44.7 Å². The Hall–Kier alpha value is -3.32. The van der Waals surface area contributed by atoms with Crippen LogP contribution < -0.4 is 15.4 Å². The number of benzene rings is 2. The normalized spacial score (nSPS) is 11.4. The lowest BCUT2D eigenvalue weighted by Gasteiger charge is -2.16. The minimum Gasteiger partial charge on any atom is -0.491 e. The van der Waals surface area contributed by atoms with Gasteiger partial charge in [-0.1, -0.05) is 30.3 Å². The lowest BCUT2D eigenvalue weighted by Crippen LogP contribution is -2.36. The van der Waals surface area contributed by atoms with Crippen LogP contribution in [0.1, 0.15) is 23.6 Å². The smallest absolute Gasteiger partial charge is 0.191 e. The number of rotatable bonds is 10. The molecule has 31 heavy (non-hydrogen) atoms. The van der Waals surface area contributed by atoms with Crippen molar-refractivity contribution in [2.24, 2.45) is 4.99 Å². The van der Waals surface area contributed by atoms with Crippen molar-refractivity contribution in [2.45, 2.75) is 26.9 Å². The van der Waals surface area contributed by atoms with Gasteiger partial charge in [-0.3, -0.25) is 4.99 Å². The summed E-state index contributed by atoms with van der Waals surface area (Å²) in [7, 11) is 1.77. The molecule has 0 spiro atoms. The molecular formula is C24H31N5O2. The van der Waals surface area contributed by atoms with E-state index < -0.39 is 0 Å². The zero-order valence-corrected chi connectivity index (χ0v) is 18.5. The fourth-order valence-corrected chi connectivity index (χ4v) is 3.17. The van der Waals surface area contributed by atoms with Crippen molar-refractivity contribution in [1.82, 2.24) is 20.4 Å². The molecule has 0 bridgehead atoms. The van der Waals surface area contributed by atoms with E-state index in [1.54, 1.807) is 13.2 Å². The van der Waals surface area contributed by atoms with Crippen molar-refractivity contribution in [3.63, 3.8) is 0 Å². The van der Waals surface area contributed by atoms with E-state index in [4.69, 9.17) is 9.47 Å². The Balaban J connectivity index is 1.60. The fourth-order valence-electron chi connectivity index (χ4n) is 3.17. The minimum absolute atomic E-state index is 0.529. The Labute approximate surface area is 184 Å². The SMILES string of the molecule is CCOCCOc1cc(C)ccc1CNC(=NC)NCc1ccccc1-n1cccn1. The average Bonchev–Trinajstić information content (AvgIpc) is 3.33. The molecule has 0 aliphatic heterocycles. The molecule has 164 valence electrons. The standard InChI is InChI=1S/C24H31N5O2/c1-4-30-14-15-31-23-16-19(2)10-11-21(23)18-27-24(25-3)26-17-20-8-5-6-9-22(20)29-13-7-12-28-29/h5-13,16H,4,14-15,17-18H2,1-3H3,(H2,25,26,27). The van der Waals surface area contributed by atoms with Gasteiger partial charge in [0.2, 0.25) is 0 Å². The molecule has 0 amide bonds. The van der Waals surface area contributed by atoms with Crippen LogP contribution >= 0.6 is 0 Å². The first-order valence-electron chi connectivity index (χ1n) is 10.5. The maximum absolute atomic E-state index is 5.94. The lowest BCUT2D eigenvalue weighted by atomic mass is 10.1. The number of nitrogens with one attached hydrogen (secondary N) is 2. The molecule has 2 aromatic carbocycles. The van der Waals surface area contributed by atoms with Crippen molar-refractivity contribution in [3.05, 3.63) is 77.6 Å². The molecule has 7 heteroatoms. The molecule has 3 rings (SSSR count). The van der Waals surface area contributed by atoms with Crippen LogP contribution in [0.2, 0.25) is 0 Å². The van der Waals surface area contributed by atoms with Crippen molar-refractivity contribution >= 4 is 5.96 Å². The number of nitrogens with zero attached hydrogens (tertiary/aromatic N) is 3. The largest absolute Gasteiger partial charge is 0.491 e. The predicted octanol–water partition coefficient (Wildman–Crippen LogP) is 3.46. The molecule has 0 saturated carbocycles. The van der Waals surface area contributed by atoms with E-state index in [9.17, 15) is 0 Å². The summed E-state index contributed by atoms with van der Waals surface area (Å²) in [5, 5.41) is 11.1. The van der Waals surface area contributed by atoms with Crippen LogP contribution in [0.4, 0.5) is 0 Å². The van der Waals surface area contributed by atoms with Gasteiger partial charge in [0.05, 0.1) is 12.3 Å². The quantitative estimate of drug-likeness (QED) is 0.298. The second-order valence-electron chi connectivity index (χ2n) is 7.02. The third-order valence-electron chi connectivity index (χ3n) is 4.77. The number of ether oxygens (including phenoxy) is 2. The van der Waals surface area contributed by atoms with Gasteiger partial charge in [-0.15, -0.1) is 0 Å². The predicted molar refractivity (Wildman–Crippen MR) is 124 cm³/mol. The number of para-hydroxylation sites is 1. The molecular weight excluding hydrogens is 390 g/mol. The first-order valence-corrected chi connectivity index (χ1v) is 10.5. The third kappa shape index (κ3) is 6.58. The molecule has 0 saturated heterocycles. The molecule has 0 aliphatic carbocycles. The zero-order valence-electron chi connectivity index (χ0n) is 18.5. The maximum atomic E-state index is 5.94. The summed E-state index contributed by atoms with van der Waals surface area (Å²) in [6, 6.07) is 16.3. The topological polar surface area (TPSA) is 72.7 Å². The molecule has 1 aromatic heterocycles. The molecule has 7 nitrogen and oxygen atoms in total. The third-order valence-corrected chi connectivity index (χ3v) is 4.77. The van der Waals surface area contributed by atoms with Gasteiger partial charge >= 0.3 is 0 Å². The second-order valence-corrected chi connectivity index (χ2v) is 7.02. The van der Waals surface area contributed by atoms with Crippen LogP contribution in [0.25, 0.3) is 5.69 Å². The first kappa shape index (κ1) is 22.4. The number of hydrogen-bond donors (Lipinski definition) is 2. The molecule has 0 radical (unpaired) electrons.